The minimum atomic E-state index is -0.127. The fourth-order valence-electron chi connectivity index (χ4n) is 4.37. The second-order valence-electron chi connectivity index (χ2n) is 8.74. The summed E-state index contributed by atoms with van der Waals surface area (Å²) in [6.07, 6.45) is 2.16. The molecule has 30 heavy (non-hydrogen) atoms. The van der Waals surface area contributed by atoms with Crippen LogP contribution in [0.15, 0.2) is 41.4 Å². The third-order valence-corrected chi connectivity index (χ3v) is 7.02. The van der Waals surface area contributed by atoms with Crippen LogP contribution < -0.4 is 20.4 Å². The summed E-state index contributed by atoms with van der Waals surface area (Å²) in [6, 6.07) is 13.1. The van der Waals surface area contributed by atoms with Gasteiger partial charge >= 0.3 is 0 Å². The van der Waals surface area contributed by atoms with Crippen LogP contribution in [-0.4, -0.2) is 51.1 Å². The summed E-state index contributed by atoms with van der Waals surface area (Å²) in [5.74, 6) is 3.38. The van der Waals surface area contributed by atoms with Crippen LogP contribution in [0.5, 0.6) is 0 Å². The maximum atomic E-state index is 5.15. The SMILES string of the molecule is Cc1cccc(CN=C2Nc3c(N(C)C)ccc(N(C)C)c3NC23CCSCC3)c1. The second kappa shape index (κ2) is 8.42. The predicted molar refractivity (Wildman–Crippen MR) is 134 cm³/mol. The first kappa shape index (κ1) is 20.9. The number of nitrogens with zero attached hydrogens (tertiary/aromatic N) is 3. The quantitative estimate of drug-likeness (QED) is 0.737. The molecular weight excluding hydrogens is 390 g/mol. The van der Waals surface area contributed by atoms with E-state index in [-0.39, 0.29) is 5.54 Å². The van der Waals surface area contributed by atoms with Crippen molar-refractivity contribution in [3.63, 3.8) is 0 Å². The lowest BCUT2D eigenvalue weighted by Crippen LogP contribution is -2.55. The van der Waals surface area contributed by atoms with Gasteiger partial charge in [0.25, 0.3) is 0 Å². The highest BCUT2D eigenvalue weighted by atomic mass is 32.2. The molecule has 0 radical (unpaired) electrons. The molecule has 6 heteroatoms. The van der Waals surface area contributed by atoms with Crippen molar-refractivity contribution >= 4 is 40.3 Å². The topological polar surface area (TPSA) is 42.9 Å². The lowest BCUT2D eigenvalue weighted by atomic mass is 9.87. The fourth-order valence-corrected chi connectivity index (χ4v) is 5.56. The highest BCUT2D eigenvalue weighted by molar-refractivity contribution is 7.99. The van der Waals surface area contributed by atoms with Crippen molar-refractivity contribution in [3.8, 4) is 0 Å². The van der Waals surface area contributed by atoms with E-state index in [9.17, 15) is 0 Å². The molecule has 160 valence electrons. The fraction of sp³-hybridized carbons (Fsp3) is 0.458. The zero-order chi connectivity index (χ0) is 21.3. The Hall–Kier alpha value is -2.34. The van der Waals surface area contributed by atoms with Gasteiger partial charge in [-0.25, -0.2) is 0 Å². The third kappa shape index (κ3) is 3.97. The maximum absolute atomic E-state index is 5.15. The van der Waals surface area contributed by atoms with Crippen LogP contribution in [-0.2, 0) is 6.54 Å². The van der Waals surface area contributed by atoms with Gasteiger partial charge in [-0.1, -0.05) is 29.8 Å². The van der Waals surface area contributed by atoms with Crippen molar-refractivity contribution in [3.05, 3.63) is 47.5 Å². The van der Waals surface area contributed by atoms with Crippen LogP contribution in [0.4, 0.5) is 22.7 Å². The summed E-state index contributed by atoms with van der Waals surface area (Å²) in [5, 5.41) is 7.78. The van der Waals surface area contributed by atoms with Gasteiger partial charge in [0.2, 0.25) is 0 Å². The van der Waals surface area contributed by atoms with E-state index in [1.165, 1.54) is 28.2 Å². The van der Waals surface area contributed by atoms with Gasteiger partial charge in [0, 0.05) is 28.2 Å². The van der Waals surface area contributed by atoms with Crippen LogP contribution in [0.1, 0.15) is 24.0 Å². The van der Waals surface area contributed by atoms with E-state index in [1.807, 2.05) is 11.8 Å². The standard InChI is InChI=1S/C24H33N5S/c1-17-7-6-8-18(15-17)16-25-23-24(11-13-30-14-12-24)27-22-20(29(4)5)10-9-19(28(2)3)21(22)26-23/h6-10,15,27H,11-14,16H2,1-5H3,(H,25,26). The summed E-state index contributed by atoms with van der Waals surface area (Å²) in [6.45, 7) is 2.83. The molecule has 0 saturated carbocycles. The van der Waals surface area contributed by atoms with Gasteiger partial charge in [-0.3, -0.25) is 4.99 Å². The van der Waals surface area contributed by atoms with Crippen molar-refractivity contribution in [2.45, 2.75) is 31.8 Å². The van der Waals surface area contributed by atoms with Gasteiger partial charge < -0.3 is 20.4 Å². The number of anilines is 4. The summed E-state index contributed by atoms with van der Waals surface area (Å²) in [4.78, 5) is 9.50. The molecule has 0 unspecified atom stereocenters. The first-order valence-electron chi connectivity index (χ1n) is 10.6. The number of hydrogen-bond acceptors (Lipinski definition) is 5. The molecule has 0 amide bonds. The Morgan fingerprint density at radius 1 is 0.967 bits per heavy atom. The van der Waals surface area contributed by atoms with Gasteiger partial charge in [-0.05, 0) is 49.0 Å². The molecule has 5 nitrogen and oxygen atoms in total. The molecule has 2 heterocycles. The number of rotatable bonds is 4. The zero-order valence-electron chi connectivity index (χ0n) is 18.7. The lowest BCUT2D eigenvalue weighted by Gasteiger charge is -2.45. The molecule has 0 aromatic heterocycles. The molecule has 2 aliphatic heterocycles. The Labute approximate surface area is 184 Å². The second-order valence-corrected chi connectivity index (χ2v) is 9.97. The molecule has 4 rings (SSSR count). The zero-order valence-corrected chi connectivity index (χ0v) is 19.6. The molecule has 1 fully saturated rings. The van der Waals surface area contributed by atoms with E-state index in [0.29, 0.717) is 6.54 Å². The van der Waals surface area contributed by atoms with E-state index in [1.54, 1.807) is 0 Å². The van der Waals surface area contributed by atoms with Crippen molar-refractivity contribution < 1.29 is 0 Å². The van der Waals surface area contributed by atoms with E-state index >= 15 is 0 Å². The highest BCUT2D eigenvalue weighted by Crippen LogP contribution is 2.47. The summed E-state index contributed by atoms with van der Waals surface area (Å²) < 4.78 is 0. The Balaban J connectivity index is 1.79. The molecule has 2 N–H and O–H groups in total. The van der Waals surface area contributed by atoms with Gasteiger partial charge in [0.15, 0.2) is 0 Å². The van der Waals surface area contributed by atoms with Gasteiger partial charge in [0.05, 0.1) is 34.8 Å². The van der Waals surface area contributed by atoms with Crippen molar-refractivity contribution in [2.24, 2.45) is 4.99 Å². The molecular formula is C24H33N5S. The van der Waals surface area contributed by atoms with Gasteiger partial charge in [-0.15, -0.1) is 0 Å². The summed E-state index contributed by atoms with van der Waals surface area (Å²) in [7, 11) is 8.41. The van der Waals surface area contributed by atoms with Crippen LogP contribution in [0.3, 0.4) is 0 Å². The minimum Gasteiger partial charge on any atom is -0.376 e. The maximum Gasteiger partial charge on any atom is 0.127 e. The number of fused-ring (bicyclic) bond motifs is 1. The van der Waals surface area contributed by atoms with Crippen LogP contribution in [0, 0.1) is 6.92 Å². The number of amidine groups is 1. The number of aliphatic imine (C=N–C) groups is 1. The van der Waals surface area contributed by atoms with E-state index in [4.69, 9.17) is 4.99 Å². The number of aryl methyl sites for hydroxylation is 1. The number of thioether (sulfide) groups is 1. The predicted octanol–water partition coefficient (Wildman–Crippen LogP) is 4.83. The van der Waals surface area contributed by atoms with Gasteiger partial charge in [0.1, 0.15) is 5.84 Å². The monoisotopic (exact) mass is 423 g/mol. The minimum absolute atomic E-state index is 0.127. The van der Waals surface area contributed by atoms with Crippen molar-refractivity contribution in [1.29, 1.82) is 0 Å². The summed E-state index contributed by atoms with van der Waals surface area (Å²) >= 11 is 2.04. The molecule has 2 aromatic carbocycles. The molecule has 2 aromatic rings. The number of nitrogens with one attached hydrogen (secondary N) is 2. The van der Waals surface area contributed by atoms with Crippen LogP contribution in [0.25, 0.3) is 0 Å². The molecule has 1 spiro atoms. The Kier molecular flexibility index (Phi) is 5.87. The van der Waals surface area contributed by atoms with E-state index < -0.39 is 0 Å². The molecule has 0 bridgehead atoms. The number of hydrogen-bond donors (Lipinski definition) is 2. The van der Waals surface area contributed by atoms with Gasteiger partial charge in [-0.2, -0.15) is 11.8 Å². The molecule has 0 atom stereocenters. The average Bonchev–Trinajstić information content (AvgIpc) is 2.72. The molecule has 2 aliphatic rings. The van der Waals surface area contributed by atoms with Crippen LogP contribution in [0.2, 0.25) is 0 Å². The summed E-state index contributed by atoms with van der Waals surface area (Å²) in [5.41, 5.74) is 7.10. The van der Waals surface area contributed by atoms with Crippen LogP contribution >= 0.6 is 11.8 Å². The lowest BCUT2D eigenvalue weighted by molar-refractivity contribution is 0.559. The van der Waals surface area contributed by atoms with E-state index in [2.05, 4.69) is 91.9 Å². The Bertz CT molecular complexity index is 945. The van der Waals surface area contributed by atoms with Crippen molar-refractivity contribution in [2.75, 3.05) is 60.1 Å². The largest absolute Gasteiger partial charge is 0.376 e. The third-order valence-electron chi connectivity index (χ3n) is 6.03. The average molecular weight is 424 g/mol. The van der Waals surface area contributed by atoms with Crippen molar-refractivity contribution in [1.82, 2.24) is 0 Å². The molecule has 1 saturated heterocycles. The first-order chi connectivity index (χ1) is 14.4. The first-order valence-corrected chi connectivity index (χ1v) is 11.8. The normalized spacial score (nSPS) is 18.5. The highest BCUT2D eigenvalue weighted by Gasteiger charge is 2.42. The number of benzene rings is 2. The Morgan fingerprint density at radius 3 is 2.27 bits per heavy atom. The van der Waals surface area contributed by atoms with E-state index in [0.717, 1.165) is 35.9 Å². The Morgan fingerprint density at radius 2 is 1.63 bits per heavy atom. The smallest absolute Gasteiger partial charge is 0.127 e. The molecule has 0 aliphatic carbocycles.